The van der Waals surface area contributed by atoms with Gasteiger partial charge in [-0.2, -0.15) is 0 Å². The Morgan fingerprint density at radius 1 is 1.26 bits per heavy atom. The third kappa shape index (κ3) is 3.01. The number of hydrogen-bond donors (Lipinski definition) is 1. The van der Waals surface area contributed by atoms with Crippen LogP contribution in [-0.4, -0.2) is 46.5 Å². The summed E-state index contributed by atoms with van der Waals surface area (Å²) in [5.74, 6) is 0.991. The minimum atomic E-state index is 0.134. The molecule has 3 heterocycles. The first-order valence-corrected chi connectivity index (χ1v) is 8.18. The number of carbonyl (C=O) groups is 1. The van der Waals surface area contributed by atoms with Crippen LogP contribution in [0, 0.1) is 13.8 Å². The normalized spacial score (nSPS) is 15.9. The van der Waals surface area contributed by atoms with Crippen molar-refractivity contribution in [3.63, 3.8) is 0 Å². The van der Waals surface area contributed by atoms with E-state index in [-0.39, 0.29) is 5.91 Å². The molecule has 2 aromatic rings. The molecule has 3 rings (SSSR count). The van der Waals surface area contributed by atoms with Gasteiger partial charge in [-0.15, -0.1) is 0 Å². The number of pyridine rings is 1. The molecule has 5 heteroatoms. The molecule has 2 aromatic heterocycles. The van der Waals surface area contributed by atoms with E-state index < -0.39 is 0 Å². The number of amides is 1. The summed E-state index contributed by atoms with van der Waals surface area (Å²) in [6, 6.07) is 8.34. The molecule has 0 aromatic carbocycles. The second-order valence-corrected chi connectivity index (χ2v) is 6.16. The highest BCUT2D eigenvalue weighted by atomic mass is 16.2. The molecule has 0 radical (unpaired) electrons. The lowest BCUT2D eigenvalue weighted by Gasteiger charge is -2.31. The van der Waals surface area contributed by atoms with Gasteiger partial charge in [0.15, 0.2) is 0 Å². The molecule has 0 saturated carbocycles. The zero-order chi connectivity index (χ0) is 16.4. The van der Waals surface area contributed by atoms with E-state index in [0.717, 1.165) is 48.7 Å². The summed E-state index contributed by atoms with van der Waals surface area (Å²) in [5, 5.41) is 3.30. The molecule has 1 amide bonds. The van der Waals surface area contributed by atoms with Crippen molar-refractivity contribution in [2.24, 2.45) is 0 Å². The van der Waals surface area contributed by atoms with Crippen LogP contribution in [-0.2, 0) is 0 Å². The van der Waals surface area contributed by atoms with Crippen molar-refractivity contribution < 1.29 is 4.79 Å². The van der Waals surface area contributed by atoms with Gasteiger partial charge < -0.3 is 14.8 Å². The summed E-state index contributed by atoms with van der Waals surface area (Å²) in [6.07, 6.45) is 3.81. The Bertz CT molecular complexity index is 685. The van der Waals surface area contributed by atoms with E-state index in [9.17, 15) is 4.79 Å². The SMILES string of the molecule is CNC1CCN(C(=O)c2cc(C)n(-c3ccccn3)c2C)CC1. The van der Waals surface area contributed by atoms with Crippen molar-refractivity contribution in [3.05, 3.63) is 47.4 Å². The van der Waals surface area contributed by atoms with Crippen molar-refractivity contribution in [3.8, 4) is 5.82 Å². The van der Waals surface area contributed by atoms with Crippen LogP contribution >= 0.6 is 0 Å². The van der Waals surface area contributed by atoms with Crippen LogP contribution in [0.2, 0.25) is 0 Å². The van der Waals surface area contributed by atoms with E-state index in [1.165, 1.54) is 0 Å². The van der Waals surface area contributed by atoms with Crippen molar-refractivity contribution in [2.45, 2.75) is 32.7 Å². The lowest BCUT2D eigenvalue weighted by atomic mass is 10.0. The number of carbonyl (C=O) groups excluding carboxylic acids is 1. The van der Waals surface area contributed by atoms with Gasteiger partial charge in [0.1, 0.15) is 5.82 Å². The standard InChI is InChI=1S/C18H24N4O/c1-13-12-16(14(2)22(13)17-6-4-5-9-20-17)18(23)21-10-7-15(19-3)8-11-21/h4-6,9,12,15,19H,7-8,10-11H2,1-3H3. The molecule has 0 bridgehead atoms. The Balaban J connectivity index is 1.85. The molecule has 0 unspecified atom stereocenters. The highest BCUT2D eigenvalue weighted by Gasteiger charge is 2.25. The Hall–Kier alpha value is -2.14. The van der Waals surface area contributed by atoms with Crippen molar-refractivity contribution in [1.29, 1.82) is 0 Å². The first kappa shape index (κ1) is 15.7. The second-order valence-electron chi connectivity index (χ2n) is 6.16. The second kappa shape index (κ2) is 6.54. The first-order chi connectivity index (χ1) is 11.1. The van der Waals surface area contributed by atoms with Crippen molar-refractivity contribution >= 4 is 5.91 Å². The largest absolute Gasteiger partial charge is 0.338 e. The van der Waals surface area contributed by atoms with E-state index in [4.69, 9.17) is 0 Å². The third-order valence-corrected chi connectivity index (χ3v) is 4.73. The Morgan fingerprint density at radius 2 is 2.00 bits per heavy atom. The summed E-state index contributed by atoms with van der Waals surface area (Å²) in [6.45, 7) is 5.65. The van der Waals surface area contributed by atoms with Gasteiger partial charge in [-0.1, -0.05) is 6.07 Å². The Morgan fingerprint density at radius 3 is 2.61 bits per heavy atom. The monoisotopic (exact) mass is 312 g/mol. The number of nitrogens with one attached hydrogen (secondary N) is 1. The smallest absolute Gasteiger partial charge is 0.255 e. The number of aryl methyl sites for hydroxylation is 1. The van der Waals surface area contributed by atoms with E-state index in [0.29, 0.717) is 6.04 Å². The zero-order valence-corrected chi connectivity index (χ0v) is 14.0. The molecule has 1 aliphatic rings. The molecule has 1 saturated heterocycles. The third-order valence-electron chi connectivity index (χ3n) is 4.73. The lowest BCUT2D eigenvalue weighted by Crippen LogP contribution is -2.44. The van der Waals surface area contributed by atoms with Gasteiger partial charge in [-0.3, -0.25) is 4.79 Å². The molecule has 0 spiro atoms. The first-order valence-electron chi connectivity index (χ1n) is 8.18. The van der Waals surface area contributed by atoms with Gasteiger partial charge in [0.2, 0.25) is 0 Å². The maximum absolute atomic E-state index is 12.9. The molecular weight excluding hydrogens is 288 g/mol. The molecule has 0 aliphatic carbocycles. The average Bonchev–Trinajstić information content (AvgIpc) is 2.89. The Kier molecular flexibility index (Phi) is 4.48. The molecule has 5 nitrogen and oxygen atoms in total. The number of aromatic nitrogens is 2. The quantitative estimate of drug-likeness (QED) is 0.946. The fraction of sp³-hybridized carbons (Fsp3) is 0.444. The molecule has 23 heavy (non-hydrogen) atoms. The predicted molar refractivity (Wildman–Crippen MR) is 91.0 cm³/mol. The van der Waals surface area contributed by atoms with Crippen LogP contribution in [0.25, 0.3) is 5.82 Å². The van der Waals surface area contributed by atoms with Crippen LogP contribution in [0.3, 0.4) is 0 Å². The number of piperidine rings is 1. The minimum Gasteiger partial charge on any atom is -0.338 e. The summed E-state index contributed by atoms with van der Waals surface area (Å²) in [7, 11) is 1.99. The molecule has 122 valence electrons. The van der Waals surface area contributed by atoms with Gasteiger partial charge in [0.25, 0.3) is 5.91 Å². The van der Waals surface area contributed by atoms with Gasteiger partial charge in [0.05, 0.1) is 5.56 Å². The van der Waals surface area contributed by atoms with E-state index in [1.54, 1.807) is 6.20 Å². The summed E-state index contributed by atoms with van der Waals surface area (Å²) in [4.78, 5) is 19.3. The van der Waals surface area contributed by atoms with E-state index in [2.05, 4.69) is 10.3 Å². The fourth-order valence-electron chi connectivity index (χ4n) is 3.36. The van der Waals surface area contributed by atoms with E-state index >= 15 is 0 Å². The summed E-state index contributed by atoms with van der Waals surface area (Å²) < 4.78 is 2.05. The maximum Gasteiger partial charge on any atom is 0.255 e. The highest BCUT2D eigenvalue weighted by Crippen LogP contribution is 2.22. The van der Waals surface area contributed by atoms with Gasteiger partial charge in [0, 0.05) is 36.7 Å². The van der Waals surface area contributed by atoms with Crippen molar-refractivity contribution in [1.82, 2.24) is 19.8 Å². The number of nitrogens with zero attached hydrogens (tertiary/aromatic N) is 3. The van der Waals surface area contributed by atoms with Crippen LogP contribution in [0.1, 0.15) is 34.6 Å². The maximum atomic E-state index is 12.9. The van der Waals surface area contributed by atoms with Gasteiger partial charge in [-0.05, 0) is 51.9 Å². The molecular formula is C18H24N4O. The average molecular weight is 312 g/mol. The number of hydrogen-bond acceptors (Lipinski definition) is 3. The van der Waals surface area contributed by atoms with Gasteiger partial charge in [-0.25, -0.2) is 4.98 Å². The zero-order valence-electron chi connectivity index (χ0n) is 14.0. The van der Waals surface area contributed by atoms with Crippen LogP contribution in [0.4, 0.5) is 0 Å². The topological polar surface area (TPSA) is 50.2 Å². The number of rotatable bonds is 3. The van der Waals surface area contributed by atoms with Crippen LogP contribution in [0.5, 0.6) is 0 Å². The van der Waals surface area contributed by atoms with Gasteiger partial charge >= 0.3 is 0 Å². The highest BCUT2D eigenvalue weighted by molar-refractivity contribution is 5.96. The molecule has 1 N–H and O–H groups in total. The summed E-state index contributed by atoms with van der Waals surface area (Å²) in [5.41, 5.74) is 2.78. The van der Waals surface area contributed by atoms with E-state index in [1.807, 2.05) is 54.6 Å². The van der Waals surface area contributed by atoms with Crippen molar-refractivity contribution in [2.75, 3.05) is 20.1 Å². The van der Waals surface area contributed by atoms with Crippen LogP contribution < -0.4 is 5.32 Å². The minimum absolute atomic E-state index is 0.134. The summed E-state index contributed by atoms with van der Waals surface area (Å²) >= 11 is 0. The number of likely N-dealkylation sites (tertiary alicyclic amines) is 1. The molecule has 0 atom stereocenters. The molecule has 1 aliphatic heterocycles. The van der Waals surface area contributed by atoms with Crippen LogP contribution in [0.15, 0.2) is 30.5 Å². The fourth-order valence-corrected chi connectivity index (χ4v) is 3.36. The Labute approximate surface area is 137 Å². The predicted octanol–water partition coefficient (Wildman–Crippen LogP) is 2.31. The molecule has 1 fully saturated rings. The lowest BCUT2D eigenvalue weighted by molar-refractivity contribution is 0.0706.